The molecule has 78 valence electrons. The molecule has 0 bridgehead atoms. The predicted octanol–water partition coefficient (Wildman–Crippen LogP) is 1.96. The van der Waals surface area contributed by atoms with Crippen LogP contribution < -0.4 is 5.73 Å². The van der Waals surface area contributed by atoms with Crippen LogP contribution in [0.3, 0.4) is 0 Å². The lowest BCUT2D eigenvalue weighted by Gasteiger charge is -2.22. The molecule has 1 aliphatic carbocycles. The molecule has 0 saturated carbocycles. The largest absolute Gasteiger partial charge is 0.394 e. The van der Waals surface area contributed by atoms with E-state index in [9.17, 15) is 5.11 Å². The Morgan fingerprint density at radius 1 is 1.50 bits per heavy atom. The number of aryl methyl sites for hydroxylation is 1. The fourth-order valence-corrected chi connectivity index (χ4v) is 2.32. The van der Waals surface area contributed by atoms with E-state index in [1.165, 1.54) is 5.56 Å². The third kappa shape index (κ3) is 1.82. The molecule has 3 N–H and O–H groups in total. The lowest BCUT2D eigenvalue weighted by Crippen LogP contribution is -2.37. The van der Waals surface area contributed by atoms with Gasteiger partial charge in [0.25, 0.3) is 0 Å². The van der Waals surface area contributed by atoms with Crippen molar-refractivity contribution in [1.29, 1.82) is 0 Å². The molecule has 1 aromatic rings. The highest BCUT2D eigenvalue weighted by atomic mass is 79.9. The average Bonchev–Trinajstić information content (AvgIpc) is 2.45. The molecule has 0 spiro atoms. The van der Waals surface area contributed by atoms with Crippen molar-refractivity contribution in [3.05, 3.63) is 33.8 Å². The summed E-state index contributed by atoms with van der Waals surface area (Å²) in [6.45, 7) is 0.0294. The molecule has 0 aromatic heterocycles. The second-order valence-corrected chi connectivity index (χ2v) is 4.53. The summed E-state index contributed by atoms with van der Waals surface area (Å²) in [6.07, 6.45) is 1.81. The maximum Gasteiger partial charge on any atom is 0.0653 e. The van der Waals surface area contributed by atoms with Crippen LogP contribution >= 0.6 is 28.3 Å². The first kappa shape index (κ1) is 12.0. The van der Waals surface area contributed by atoms with Gasteiger partial charge in [-0.3, -0.25) is 0 Å². The van der Waals surface area contributed by atoms with Gasteiger partial charge in [0, 0.05) is 4.47 Å². The molecule has 0 heterocycles. The Morgan fingerprint density at radius 3 is 2.86 bits per heavy atom. The van der Waals surface area contributed by atoms with E-state index in [2.05, 4.69) is 22.0 Å². The summed E-state index contributed by atoms with van der Waals surface area (Å²) < 4.78 is 1.08. The van der Waals surface area contributed by atoms with Gasteiger partial charge in [0.2, 0.25) is 0 Å². The van der Waals surface area contributed by atoms with E-state index in [-0.39, 0.29) is 19.0 Å². The first-order valence-electron chi connectivity index (χ1n) is 4.34. The number of benzene rings is 1. The Balaban J connectivity index is 0.000000980. The molecule has 1 atom stereocenters. The van der Waals surface area contributed by atoms with Crippen molar-refractivity contribution in [3.8, 4) is 0 Å². The molecule has 0 amide bonds. The fourth-order valence-electron chi connectivity index (χ4n) is 1.91. The summed E-state index contributed by atoms with van der Waals surface area (Å²) in [7, 11) is 0. The second kappa shape index (κ2) is 4.19. The van der Waals surface area contributed by atoms with Crippen molar-refractivity contribution < 1.29 is 5.11 Å². The maximum atomic E-state index is 9.20. The normalized spacial score (nSPS) is 24.2. The molecule has 0 saturated heterocycles. The van der Waals surface area contributed by atoms with E-state index in [4.69, 9.17) is 5.73 Å². The molecular formula is C10H13BrClNO. The van der Waals surface area contributed by atoms with Crippen LogP contribution in [0.5, 0.6) is 0 Å². The number of aliphatic hydroxyl groups is 1. The molecule has 2 nitrogen and oxygen atoms in total. The number of rotatable bonds is 1. The summed E-state index contributed by atoms with van der Waals surface area (Å²) in [5.74, 6) is 0. The van der Waals surface area contributed by atoms with E-state index in [0.29, 0.717) is 0 Å². The lowest BCUT2D eigenvalue weighted by atomic mass is 9.94. The highest BCUT2D eigenvalue weighted by Gasteiger charge is 2.34. The number of hydrogen-bond donors (Lipinski definition) is 2. The fraction of sp³-hybridized carbons (Fsp3) is 0.400. The van der Waals surface area contributed by atoms with Gasteiger partial charge >= 0.3 is 0 Å². The monoisotopic (exact) mass is 277 g/mol. The summed E-state index contributed by atoms with van der Waals surface area (Å²) in [4.78, 5) is 0. The Labute approximate surface area is 98.0 Å². The quantitative estimate of drug-likeness (QED) is 0.825. The second-order valence-electron chi connectivity index (χ2n) is 3.62. The predicted molar refractivity (Wildman–Crippen MR) is 62.7 cm³/mol. The van der Waals surface area contributed by atoms with E-state index >= 15 is 0 Å². The first-order chi connectivity index (χ1) is 6.15. The Hall–Kier alpha value is -0.0900. The van der Waals surface area contributed by atoms with Crippen molar-refractivity contribution in [2.45, 2.75) is 18.4 Å². The minimum Gasteiger partial charge on any atom is -0.394 e. The zero-order valence-electron chi connectivity index (χ0n) is 7.66. The molecule has 1 aliphatic rings. The van der Waals surface area contributed by atoms with Gasteiger partial charge in [-0.25, -0.2) is 0 Å². The van der Waals surface area contributed by atoms with Gasteiger partial charge in [0.1, 0.15) is 0 Å². The SMILES string of the molecule is Cl.NC1(CO)CCc2cc(Br)ccc21. The standard InChI is InChI=1S/C10H12BrNO.ClH/c11-8-1-2-9-7(5-8)3-4-10(9,12)6-13;/h1-2,5,13H,3-4,6,12H2;1H. The van der Waals surface area contributed by atoms with Gasteiger partial charge in [-0.2, -0.15) is 0 Å². The van der Waals surface area contributed by atoms with Crippen LogP contribution in [-0.4, -0.2) is 11.7 Å². The van der Waals surface area contributed by atoms with Crippen molar-refractivity contribution in [3.63, 3.8) is 0 Å². The van der Waals surface area contributed by atoms with Gasteiger partial charge in [0.05, 0.1) is 12.1 Å². The Morgan fingerprint density at radius 2 is 2.21 bits per heavy atom. The van der Waals surface area contributed by atoms with E-state index in [0.717, 1.165) is 22.9 Å². The Bertz CT molecular complexity index is 345. The van der Waals surface area contributed by atoms with Crippen LogP contribution in [0.2, 0.25) is 0 Å². The van der Waals surface area contributed by atoms with Gasteiger partial charge in [-0.05, 0) is 36.1 Å². The van der Waals surface area contributed by atoms with E-state index in [1.54, 1.807) is 0 Å². The summed E-state index contributed by atoms with van der Waals surface area (Å²) in [5, 5.41) is 9.20. The number of hydrogen-bond acceptors (Lipinski definition) is 2. The van der Waals surface area contributed by atoms with E-state index < -0.39 is 5.54 Å². The molecule has 0 aliphatic heterocycles. The van der Waals surface area contributed by atoms with E-state index in [1.807, 2.05) is 12.1 Å². The molecule has 14 heavy (non-hydrogen) atoms. The molecule has 1 unspecified atom stereocenters. The van der Waals surface area contributed by atoms with Crippen LogP contribution in [0.1, 0.15) is 17.5 Å². The molecule has 1 aromatic carbocycles. The highest BCUT2D eigenvalue weighted by molar-refractivity contribution is 9.10. The first-order valence-corrected chi connectivity index (χ1v) is 5.14. The van der Waals surface area contributed by atoms with Crippen molar-refractivity contribution in [1.82, 2.24) is 0 Å². The molecule has 4 heteroatoms. The molecule has 2 rings (SSSR count). The zero-order valence-corrected chi connectivity index (χ0v) is 10.1. The van der Waals surface area contributed by atoms with Gasteiger partial charge in [-0.1, -0.05) is 22.0 Å². The van der Waals surface area contributed by atoms with Crippen LogP contribution in [0, 0.1) is 0 Å². The molecule has 0 radical (unpaired) electrons. The van der Waals surface area contributed by atoms with Crippen LogP contribution in [0.25, 0.3) is 0 Å². The number of fused-ring (bicyclic) bond motifs is 1. The average molecular weight is 279 g/mol. The summed E-state index contributed by atoms with van der Waals surface area (Å²) in [5.41, 5.74) is 7.90. The maximum absolute atomic E-state index is 9.20. The number of aliphatic hydroxyl groups excluding tert-OH is 1. The van der Waals surface area contributed by atoms with Crippen molar-refractivity contribution in [2.24, 2.45) is 5.73 Å². The Kier molecular flexibility index (Phi) is 3.58. The minimum atomic E-state index is -0.504. The molecule has 0 fully saturated rings. The van der Waals surface area contributed by atoms with Crippen molar-refractivity contribution >= 4 is 28.3 Å². The van der Waals surface area contributed by atoms with Gasteiger partial charge < -0.3 is 10.8 Å². The third-order valence-electron chi connectivity index (χ3n) is 2.73. The highest BCUT2D eigenvalue weighted by Crippen LogP contribution is 2.35. The minimum absolute atomic E-state index is 0. The van der Waals surface area contributed by atoms with Gasteiger partial charge in [-0.15, -0.1) is 12.4 Å². The lowest BCUT2D eigenvalue weighted by molar-refractivity contribution is 0.197. The van der Waals surface area contributed by atoms with Gasteiger partial charge in [0.15, 0.2) is 0 Å². The zero-order chi connectivity index (χ0) is 9.47. The smallest absolute Gasteiger partial charge is 0.0653 e. The summed E-state index contributed by atoms with van der Waals surface area (Å²) >= 11 is 3.42. The third-order valence-corrected chi connectivity index (χ3v) is 3.22. The van der Waals surface area contributed by atoms with Crippen LogP contribution in [-0.2, 0) is 12.0 Å². The van der Waals surface area contributed by atoms with Crippen LogP contribution in [0.4, 0.5) is 0 Å². The molecular weight excluding hydrogens is 265 g/mol. The van der Waals surface area contributed by atoms with Crippen molar-refractivity contribution in [2.75, 3.05) is 6.61 Å². The topological polar surface area (TPSA) is 46.2 Å². The van der Waals surface area contributed by atoms with Crippen LogP contribution in [0.15, 0.2) is 22.7 Å². The number of halogens is 2. The number of nitrogens with two attached hydrogens (primary N) is 1. The summed E-state index contributed by atoms with van der Waals surface area (Å²) in [6, 6.07) is 6.06.